The van der Waals surface area contributed by atoms with Crippen molar-refractivity contribution in [3.8, 4) is 12.3 Å². The Morgan fingerprint density at radius 3 is 2.83 bits per heavy atom. The zero-order valence-corrected chi connectivity index (χ0v) is 15.1. The number of rotatable bonds is 2. The van der Waals surface area contributed by atoms with Gasteiger partial charge in [0, 0.05) is 12.3 Å². The summed E-state index contributed by atoms with van der Waals surface area (Å²) in [7, 11) is 0. The van der Waals surface area contributed by atoms with Crippen LogP contribution in [0.4, 0.5) is 0 Å². The van der Waals surface area contributed by atoms with Gasteiger partial charge in [0.25, 0.3) is 0 Å². The van der Waals surface area contributed by atoms with Crippen molar-refractivity contribution in [1.29, 1.82) is 0 Å². The highest BCUT2D eigenvalue weighted by Crippen LogP contribution is 2.65. The average Bonchev–Trinajstić information content (AvgIpc) is 2.92. The molecule has 0 spiro atoms. The van der Waals surface area contributed by atoms with Crippen molar-refractivity contribution in [1.82, 2.24) is 0 Å². The van der Waals surface area contributed by atoms with E-state index < -0.39 is 0 Å². The molecule has 4 rings (SSSR count). The van der Waals surface area contributed by atoms with Gasteiger partial charge in [0.2, 0.25) is 0 Å². The summed E-state index contributed by atoms with van der Waals surface area (Å²) in [4.78, 5) is 0. The highest BCUT2D eigenvalue weighted by Gasteiger charge is 2.57. The summed E-state index contributed by atoms with van der Waals surface area (Å²) >= 11 is 0. The number of terminal acetylenes is 1. The molecule has 4 aliphatic carbocycles. The van der Waals surface area contributed by atoms with E-state index in [0.29, 0.717) is 11.3 Å². The highest BCUT2D eigenvalue weighted by molar-refractivity contribution is 5.36. The maximum Gasteiger partial charge on any atom is 0.185 e. The molecule has 2 heteroatoms. The van der Waals surface area contributed by atoms with Crippen LogP contribution in [0.3, 0.4) is 0 Å². The number of allylic oxidation sites excluding steroid dienone is 4. The Hall–Kier alpha value is -1.20. The van der Waals surface area contributed by atoms with Gasteiger partial charge in [-0.2, -0.15) is 0 Å². The van der Waals surface area contributed by atoms with E-state index in [1.807, 2.05) is 0 Å². The van der Waals surface area contributed by atoms with Gasteiger partial charge in [0.1, 0.15) is 0 Å². The van der Waals surface area contributed by atoms with E-state index in [4.69, 9.17) is 16.3 Å². The molecular weight excluding hydrogens is 296 g/mol. The minimum atomic E-state index is -0.213. The minimum absolute atomic E-state index is 0.213. The fourth-order valence-corrected chi connectivity index (χ4v) is 6.77. The lowest BCUT2D eigenvalue weighted by atomic mass is 9.48. The molecule has 4 aliphatic rings. The highest BCUT2D eigenvalue weighted by atomic mass is 16.6. The van der Waals surface area contributed by atoms with Crippen molar-refractivity contribution < 1.29 is 9.84 Å². The van der Waals surface area contributed by atoms with E-state index in [2.05, 4.69) is 31.9 Å². The summed E-state index contributed by atoms with van der Waals surface area (Å²) in [6.07, 6.45) is 19.0. The van der Waals surface area contributed by atoms with Gasteiger partial charge in [-0.15, -0.1) is 12.3 Å². The molecule has 1 N–H and O–H groups in total. The zero-order valence-electron chi connectivity index (χ0n) is 15.1. The third kappa shape index (κ3) is 2.14. The Labute approximate surface area is 146 Å². The van der Waals surface area contributed by atoms with Gasteiger partial charge in [-0.1, -0.05) is 19.9 Å². The zero-order chi connectivity index (χ0) is 16.9. The number of fused-ring (bicyclic) bond motifs is 5. The summed E-state index contributed by atoms with van der Waals surface area (Å²) in [5, 5.41) is 9.05. The van der Waals surface area contributed by atoms with E-state index >= 15 is 0 Å². The Bertz CT molecular complexity index is 624. The van der Waals surface area contributed by atoms with Crippen LogP contribution in [0, 0.1) is 46.8 Å². The van der Waals surface area contributed by atoms with Crippen LogP contribution in [0.15, 0.2) is 23.5 Å². The first kappa shape index (κ1) is 16.3. The second-order valence-corrected chi connectivity index (χ2v) is 8.91. The molecule has 0 radical (unpaired) electrons. The van der Waals surface area contributed by atoms with Crippen molar-refractivity contribution in [3.05, 3.63) is 23.5 Å². The van der Waals surface area contributed by atoms with Crippen molar-refractivity contribution in [2.75, 3.05) is 6.79 Å². The Morgan fingerprint density at radius 2 is 2.08 bits per heavy atom. The Kier molecular flexibility index (Phi) is 3.84. The number of ether oxygens (including phenoxy) is 1. The molecule has 6 atom stereocenters. The first-order valence-corrected chi connectivity index (χ1v) is 9.64. The topological polar surface area (TPSA) is 29.5 Å². The Morgan fingerprint density at radius 1 is 1.25 bits per heavy atom. The molecule has 0 aromatic heterocycles. The summed E-state index contributed by atoms with van der Waals surface area (Å²) in [6, 6.07) is 0. The lowest BCUT2D eigenvalue weighted by Crippen LogP contribution is -2.49. The van der Waals surface area contributed by atoms with Gasteiger partial charge < -0.3 is 9.84 Å². The smallest absolute Gasteiger partial charge is 0.185 e. The molecule has 0 aromatic carbocycles. The van der Waals surface area contributed by atoms with Crippen LogP contribution in [-0.2, 0) is 4.74 Å². The van der Waals surface area contributed by atoms with Crippen LogP contribution in [-0.4, -0.2) is 11.9 Å². The third-order valence-corrected chi connectivity index (χ3v) is 8.18. The Balaban J connectivity index is 1.65. The van der Waals surface area contributed by atoms with Crippen LogP contribution in [0.1, 0.15) is 58.8 Å². The van der Waals surface area contributed by atoms with E-state index in [1.54, 1.807) is 0 Å². The van der Waals surface area contributed by atoms with Gasteiger partial charge in [-0.3, -0.25) is 0 Å². The minimum Gasteiger partial charge on any atom is -0.472 e. The lowest BCUT2D eigenvalue weighted by molar-refractivity contribution is -0.0323. The van der Waals surface area contributed by atoms with Gasteiger partial charge in [0.05, 0.1) is 5.76 Å². The van der Waals surface area contributed by atoms with Crippen LogP contribution in [0.25, 0.3) is 0 Å². The largest absolute Gasteiger partial charge is 0.472 e. The van der Waals surface area contributed by atoms with E-state index in [9.17, 15) is 0 Å². The van der Waals surface area contributed by atoms with Gasteiger partial charge >= 0.3 is 0 Å². The summed E-state index contributed by atoms with van der Waals surface area (Å²) < 4.78 is 5.38. The second kappa shape index (κ2) is 5.67. The molecule has 0 heterocycles. The molecule has 130 valence electrons. The predicted octanol–water partition coefficient (Wildman–Crippen LogP) is 4.66. The van der Waals surface area contributed by atoms with E-state index in [0.717, 1.165) is 36.4 Å². The molecule has 24 heavy (non-hydrogen) atoms. The van der Waals surface area contributed by atoms with E-state index in [-0.39, 0.29) is 12.2 Å². The van der Waals surface area contributed by atoms with Crippen molar-refractivity contribution in [2.45, 2.75) is 58.8 Å². The maximum atomic E-state index is 9.05. The molecule has 0 unspecified atom stereocenters. The summed E-state index contributed by atoms with van der Waals surface area (Å²) in [5.74, 6) is 6.93. The molecule has 2 nitrogen and oxygen atoms in total. The number of aliphatic hydroxyl groups is 1. The molecule has 0 aliphatic heterocycles. The molecule has 0 bridgehead atoms. The van der Waals surface area contributed by atoms with Gasteiger partial charge in [-0.05, 0) is 78.8 Å². The number of hydrogen-bond acceptors (Lipinski definition) is 2. The normalized spacial score (nSPS) is 46.8. The monoisotopic (exact) mass is 326 g/mol. The molecular formula is C22H30O2. The molecule has 0 saturated heterocycles. The maximum absolute atomic E-state index is 9.05. The molecule has 2 saturated carbocycles. The fraction of sp³-hybridized carbons (Fsp3) is 0.727. The van der Waals surface area contributed by atoms with Crippen LogP contribution < -0.4 is 0 Å². The predicted molar refractivity (Wildman–Crippen MR) is 95.7 cm³/mol. The molecule has 2 fully saturated rings. The van der Waals surface area contributed by atoms with Crippen LogP contribution >= 0.6 is 0 Å². The first-order chi connectivity index (χ1) is 11.5. The SMILES string of the molecule is C#C[C@H]1CC[C@H]2[C@@H]3CC=C4C=C(OCO)CC[C@]4(C)[C@H]3CC[C@]12C. The molecule has 0 aromatic rings. The van der Waals surface area contributed by atoms with Crippen molar-refractivity contribution in [2.24, 2.45) is 34.5 Å². The number of hydrogen-bond donors (Lipinski definition) is 1. The fourth-order valence-electron chi connectivity index (χ4n) is 6.77. The number of aliphatic hydroxyl groups excluding tert-OH is 1. The van der Waals surface area contributed by atoms with E-state index in [1.165, 1.54) is 37.7 Å². The second-order valence-electron chi connectivity index (χ2n) is 8.91. The quantitative estimate of drug-likeness (QED) is 0.591. The van der Waals surface area contributed by atoms with Gasteiger partial charge in [0.15, 0.2) is 6.79 Å². The van der Waals surface area contributed by atoms with Crippen LogP contribution in [0.5, 0.6) is 0 Å². The third-order valence-electron chi connectivity index (χ3n) is 8.18. The van der Waals surface area contributed by atoms with Crippen molar-refractivity contribution in [3.63, 3.8) is 0 Å². The van der Waals surface area contributed by atoms with Crippen molar-refractivity contribution >= 4 is 0 Å². The van der Waals surface area contributed by atoms with Crippen LogP contribution in [0.2, 0.25) is 0 Å². The van der Waals surface area contributed by atoms with Gasteiger partial charge in [-0.25, -0.2) is 0 Å². The summed E-state index contributed by atoms with van der Waals surface area (Å²) in [6.45, 7) is 4.73. The lowest BCUT2D eigenvalue weighted by Gasteiger charge is -2.56. The average molecular weight is 326 g/mol. The standard InChI is InChI=1S/C22H30O2/c1-4-15-6-8-19-18-7-5-16-13-17(24-14-23)9-11-22(16,3)20(18)10-12-21(15,19)2/h1,5,13,15,18-20,23H,6-12,14H2,2-3H3/t15-,18-,19-,20-,21+,22-/m0/s1. The summed E-state index contributed by atoms with van der Waals surface area (Å²) in [5.41, 5.74) is 2.10. The first-order valence-electron chi connectivity index (χ1n) is 9.64. The molecule has 0 amide bonds.